The summed E-state index contributed by atoms with van der Waals surface area (Å²) in [6.45, 7) is 3.49. The Morgan fingerprint density at radius 2 is 1.37 bits per heavy atom. The smallest absolute Gasteiger partial charge is 0.264 e. The third kappa shape index (κ3) is 7.87. The van der Waals surface area contributed by atoms with Crippen LogP contribution in [0.4, 0.5) is 10.1 Å². The van der Waals surface area contributed by atoms with E-state index in [-0.39, 0.29) is 23.8 Å². The summed E-state index contributed by atoms with van der Waals surface area (Å²) in [6.07, 6.45) is 0.196. The van der Waals surface area contributed by atoms with Crippen molar-refractivity contribution >= 4 is 27.5 Å². The number of amides is 2. The van der Waals surface area contributed by atoms with E-state index in [1.54, 1.807) is 42.5 Å². The van der Waals surface area contributed by atoms with Gasteiger partial charge in [-0.05, 0) is 59.0 Å². The van der Waals surface area contributed by atoms with Crippen LogP contribution in [0.25, 0.3) is 0 Å². The lowest BCUT2D eigenvalue weighted by Crippen LogP contribution is -2.53. The van der Waals surface area contributed by atoms with Gasteiger partial charge in [0.1, 0.15) is 18.4 Å². The molecule has 7 nitrogen and oxygen atoms in total. The average molecular weight is 602 g/mol. The number of benzene rings is 4. The maximum Gasteiger partial charge on any atom is 0.264 e. The lowest BCUT2D eigenvalue weighted by atomic mass is 10.0. The first-order valence-corrected chi connectivity index (χ1v) is 15.5. The molecular formula is C34H36FN3O4S. The highest BCUT2D eigenvalue weighted by atomic mass is 32.2. The molecule has 4 aromatic rings. The van der Waals surface area contributed by atoms with Crippen LogP contribution >= 0.6 is 0 Å². The third-order valence-corrected chi connectivity index (χ3v) is 9.03. The molecule has 0 spiro atoms. The van der Waals surface area contributed by atoms with Gasteiger partial charge in [0.25, 0.3) is 10.0 Å². The van der Waals surface area contributed by atoms with Gasteiger partial charge < -0.3 is 10.2 Å². The molecule has 2 amide bonds. The van der Waals surface area contributed by atoms with Crippen molar-refractivity contribution in [3.8, 4) is 0 Å². The Morgan fingerprint density at radius 3 is 1.93 bits per heavy atom. The van der Waals surface area contributed by atoms with E-state index >= 15 is 0 Å². The molecule has 4 rings (SSSR count). The SMILES string of the molecule is CNC(=O)[C@@H](Cc1ccccc1)N(Cc1ccc(F)cc1)C(=O)CN(c1ccc(C(C)C)cc1)S(=O)(=O)c1ccccc1. The fraction of sp³-hybridized carbons (Fsp3) is 0.235. The topological polar surface area (TPSA) is 86.8 Å². The van der Waals surface area contributed by atoms with Crippen LogP contribution in [0.3, 0.4) is 0 Å². The normalized spacial score (nSPS) is 12.0. The summed E-state index contributed by atoms with van der Waals surface area (Å²) in [5, 5.41) is 2.65. The summed E-state index contributed by atoms with van der Waals surface area (Å²) in [4.78, 5) is 29.0. The van der Waals surface area contributed by atoms with Gasteiger partial charge in [0.05, 0.1) is 10.6 Å². The third-order valence-electron chi connectivity index (χ3n) is 7.24. The summed E-state index contributed by atoms with van der Waals surface area (Å²) in [6, 6.07) is 28.9. The molecule has 0 bridgehead atoms. The van der Waals surface area contributed by atoms with E-state index < -0.39 is 40.2 Å². The highest BCUT2D eigenvalue weighted by Gasteiger charge is 2.34. The van der Waals surface area contributed by atoms with Crippen molar-refractivity contribution < 1.29 is 22.4 Å². The van der Waals surface area contributed by atoms with Gasteiger partial charge in [-0.25, -0.2) is 12.8 Å². The van der Waals surface area contributed by atoms with Crippen molar-refractivity contribution in [2.75, 3.05) is 17.9 Å². The highest BCUT2D eigenvalue weighted by molar-refractivity contribution is 7.92. The number of hydrogen-bond donors (Lipinski definition) is 1. The molecule has 0 radical (unpaired) electrons. The van der Waals surface area contributed by atoms with Crippen LogP contribution in [0, 0.1) is 5.82 Å². The van der Waals surface area contributed by atoms with Crippen molar-refractivity contribution in [3.63, 3.8) is 0 Å². The van der Waals surface area contributed by atoms with Gasteiger partial charge >= 0.3 is 0 Å². The van der Waals surface area contributed by atoms with Gasteiger partial charge in [-0.2, -0.15) is 0 Å². The van der Waals surface area contributed by atoms with E-state index in [4.69, 9.17) is 0 Å². The first kappa shape index (κ1) is 31.4. The Kier molecular flexibility index (Phi) is 10.3. The molecule has 0 aliphatic rings. The number of rotatable bonds is 12. The number of halogens is 1. The van der Waals surface area contributed by atoms with Crippen LogP contribution in [-0.4, -0.2) is 44.8 Å². The van der Waals surface area contributed by atoms with Crippen LogP contribution in [0.5, 0.6) is 0 Å². The van der Waals surface area contributed by atoms with E-state index in [1.165, 1.54) is 36.2 Å². The van der Waals surface area contributed by atoms with Crippen LogP contribution in [0.2, 0.25) is 0 Å². The summed E-state index contributed by atoms with van der Waals surface area (Å²) in [7, 11) is -2.68. The molecule has 0 aliphatic carbocycles. The van der Waals surface area contributed by atoms with Gasteiger partial charge in [0, 0.05) is 20.0 Å². The quantitative estimate of drug-likeness (QED) is 0.231. The van der Waals surface area contributed by atoms with Crippen LogP contribution in [-0.2, 0) is 32.6 Å². The van der Waals surface area contributed by atoms with E-state index in [2.05, 4.69) is 5.32 Å². The molecule has 0 unspecified atom stereocenters. The first-order valence-electron chi connectivity index (χ1n) is 14.1. The molecule has 0 saturated carbocycles. The van der Waals surface area contributed by atoms with E-state index in [0.717, 1.165) is 15.4 Å². The number of carbonyl (C=O) groups is 2. The largest absolute Gasteiger partial charge is 0.357 e. The standard InChI is InChI=1S/C34H36FN3O4S/c1-25(2)28-16-20-30(21-17-28)38(43(41,42)31-12-8-5-9-13-31)24-33(39)37(23-27-14-18-29(35)19-15-27)32(34(40)36-3)22-26-10-6-4-7-11-26/h4-21,25,32H,22-24H2,1-3H3,(H,36,40)/t32-/m1/s1. The Morgan fingerprint density at radius 1 is 0.791 bits per heavy atom. The number of hydrogen-bond acceptors (Lipinski definition) is 4. The molecule has 4 aromatic carbocycles. The number of likely N-dealkylation sites (N-methyl/N-ethyl adjacent to an activating group) is 1. The predicted octanol–water partition coefficient (Wildman–Crippen LogP) is 5.53. The number of nitrogens with zero attached hydrogens (tertiary/aromatic N) is 2. The van der Waals surface area contributed by atoms with E-state index in [9.17, 15) is 22.4 Å². The maximum atomic E-state index is 14.3. The van der Waals surface area contributed by atoms with Crippen LogP contribution in [0.15, 0.2) is 114 Å². The van der Waals surface area contributed by atoms with Crippen molar-refractivity contribution in [1.29, 1.82) is 0 Å². The fourth-order valence-corrected chi connectivity index (χ4v) is 6.22. The van der Waals surface area contributed by atoms with Gasteiger partial charge in [0.15, 0.2) is 0 Å². The second-order valence-electron chi connectivity index (χ2n) is 10.5. The molecule has 0 heterocycles. The molecule has 0 saturated heterocycles. The van der Waals surface area contributed by atoms with Crippen molar-refractivity contribution in [3.05, 3.63) is 132 Å². The van der Waals surface area contributed by atoms with Crippen molar-refractivity contribution in [2.45, 2.75) is 43.7 Å². The highest BCUT2D eigenvalue weighted by Crippen LogP contribution is 2.27. The second-order valence-corrected chi connectivity index (χ2v) is 12.4. The van der Waals surface area contributed by atoms with Gasteiger partial charge in [-0.3, -0.25) is 13.9 Å². The molecule has 1 atom stereocenters. The fourth-order valence-electron chi connectivity index (χ4n) is 4.78. The zero-order chi connectivity index (χ0) is 31.0. The monoisotopic (exact) mass is 601 g/mol. The number of carbonyl (C=O) groups excluding carboxylic acids is 2. The molecule has 0 fully saturated rings. The minimum Gasteiger partial charge on any atom is -0.357 e. The summed E-state index contributed by atoms with van der Waals surface area (Å²) < 4.78 is 42.8. The Bertz CT molecular complexity index is 1610. The van der Waals surface area contributed by atoms with Crippen molar-refractivity contribution in [2.24, 2.45) is 0 Å². The summed E-state index contributed by atoms with van der Waals surface area (Å²) >= 11 is 0. The minimum absolute atomic E-state index is 0.0322. The predicted molar refractivity (Wildman–Crippen MR) is 166 cm³/mol. The Labute approximate surface area is 253 Å². The van der Waals surface area contributed by atoms with E-state index in [0.29, 0.717) is 11.3 Å². The molecule has 224 valence electrons. The lowest BCUT2D eigenvalue weighted by molar-refractivity contribution is -0.139. The number of nitrogens with one attached hydrogen (secondary N) is 1. The van der Waals surface area contributed by atoms with Gasteiger partial charge in [0.2, 0.25) is 11.8 Å². The molecule has 0 aromatic heterocycles. The average Bonchev–Trinajstić information content (AvgIpc) is 3.02. The van der Waals surface area contributed by atoms with Gasteiger partial charge in [-0.15, -0.1) is 0 Å². The first-order chi connectivity index (χ1) is 20.6. The number of sulfonamides is 1. The van der Waals surface area contributed by atoms with Crippen molar-refractivity contribution in [1.82, 2.24) is 10.2 Å². The van der Waals surface area contributed by atoms with E-state index in [1.807, 2.05) is 56.3 Å². The molecule has 1 N–H and O–H groups in total. The summed E-state index contributed by atoms with van der Waals surface area (Å²) in [5.74, 6) is -1.19. The Hall–Kier alpha value is -4.50. The lowest BCUT2D eigenvalue weighted by Gasteiger charge is -2.33. The second kappa shape index (κ2) is 14.1. The number of anilines is 1. The molecule has 9 heteroatoms. The zero-order valence-corrected chi connectivity index (χ0v) is 25.3. The summed E-state index contributed by atoms with van der Waals surface area (Å²) in [5.41, 5.74) is 2.76. The molecule has 43 heavy (non-hydrogen) atoms. The molecular weight excluding hydrogens is 565 g/mol. The maximum absolute atomic E-state index is 14.3. The zero-order valence-electron chi connectivity index (χ0n) is 24.5. The minimum atomic E-state index is -4.17. The van der Waals surface area contributed by atoms with Crippen LogP contribution in [0.1, 0.15) is 36.5 Å². The molecule has 0 aliphatic heterocycles. The van der Waals surface area contributed by atoms with Crippen LogP contribution < -0.4 is 9.62 Å². The Balaban J connectivity index is 1.78. The van der Waals surface area contributed by atoms with Gasteiger partial charge in [-0.1, -0.05) is 86.6 Å².